The van der Waals surface area contributed by atoms with Gasteiger partial charge in [-0.15, -0.1) is 0 Å². The zero-order chi connectivity index (χ0) is 16.3. The molecule has 112 valence electrons. The summed E-state index contributed by atoms with van der Waals surface area (Å²) in [5.74, 6) is -0.257. The van der Waals surface area contributed by atoms with E-state index >= 15 is 0 Å². The second kappa shape index (κ2) is 6.28. The number of nitrogens with two attached hydrogens (primary N) is 1. The van der Waals surface area contributed by atoms with Crippen LogP contribution in [-0.2, 0) is 4.74 Å². The topological polar surface area (TPSA) is 125 Å². The summed E-state index contributed by atoms with van der Waals surface area (Å²) in [4.78, 5) is 0. The Labute approximate surface area is 131 Å². The standard InChI is InChI=1S/C14H13ClN6O/c1-2-22-14(19)12-11(17)10(7-16)13(18)21(20-12)9-5-3-4-8(15)6-9/h3-6,18-19H,2,17H2,1H3. The lowest BCUT2D eigenvalue weighted by atomic mass is 10.2. The van der Waals surface area contributed by atoms with Crippen LogP contribution in [0, 0.1) is 22.1 Å². The third-order valence-electron chi connectivity index (χ3n) is 2.84. The largest absolute Gasteiger partial charge is 0.477 e. The normalized spacial score (nSPS) is 10.0. The number of hydrogen-bond donors (Lipinski definition) is 3. The fraction of sp³-hybridized carbons (Fsp3) is 0.143. The van der Waals surface area contributed by atoms with Crippen LogP contribution in [0.2, 0.25) is 5.02 Å². The summed E-state index contributed by atoms with van der Waals surface area (Å²) in [5, 5.41) is 29.8. The number of nitrogens with zero attached hydrogens (tertiary/aromatic N) is 3. The third-order valence-corrected chi connectivity index (χ3v) is 3.08. The van der Waals surface area contributed by atoms with Crippen LogP contribution in [0.1, 0.15) is 18.2 Å². The molecule has 0 atom stereocenters. The molecule has 0 saturated carbocycles. The van der Waals surface area contributed by atoms with Crippen LogP contribution in [0.3, 0.4) is 0 Å². The van der Waals surface area contributed by atoms with Crippen molar-refractivity contribution < 1.29 is 4.74 Å². The lowest BCUT2D eigenvalue weighted by Crippen LogP contribution is -2.29. The molecule has 2 rings (SSSR count). The Morgan fingerprint density at radius 3 is 2.86 bits per heavy atom. The van der Waals surface area contributed by atoms with E-state index in [0.717, 1.165) is 0 Å². The molecule has 0 aliphatic carbocycles. The third kappa shape index (κ3) is 2.77. The fourth-order valence-corrected chi connectivity index (χ4v) is 2.03. The molecule has 0 bridgehead atoms. The molecule has 1 aromatic heterocycles. The van der Waals surface area contributed by atoms with Gasteiger partial charge in [-0.05, 0) is 25.1 Å². The molecule has 0 aliphatic rings. The lowest BCUT2D eigenvalue weighted by Gasteiger charge is -2.13. The number of hydrogen-bond acceptors (Lipinski definition) is 6. The Balaban J connectivity index is 2.75. The van der Waals surface area contributed by atoms with Crippen molar-refractivity contribution >= 4 is 23.2 Å². The van der Waals surface area contributed by atoms with Gasteiger partial charge >= 0.3 is 0 Å². The first-order chi connectivity index (χ1) is 10.5. The molecule has 0 fully saturated rings. The van der Waals surface area contributed by atoms with Gasteiger partial charge in [0.1, 0.15) is 11.6 Å². The minimum Gasteiger partial charge on any atom is -0.477 e. The van der Waals surface area contributed by atoms with Gasteiger partial charge < -0.3 is 10.5 Å². The summed E-state index contributed by atoms with van der Waals surface area (Å²) in [6.07, 6.45) is 0. The van der Waals surface area contributed by atoms with E-state index in [2.05, 4.69) is 5.10 Å². The van der Waals surface area contributed by atoms with Gasteiger partial charge in [-0.1, -0.05) is 17.7 Å². The average molecular weight is 317 g/mol. The molecule has 1 aromatic carbocycles. The molecule has 0 unspecified atom stereocenters. The van der Waals surface area contributed by atoms with Crippen molar-refractivity contribution in [3.63, 3.8) is 0 Å². The van der Waals surface area contributed by atoms with Gasteiger partial charge in [0.15, 0.2) is 11.2 Å². The highest BCUT2D eigenvalue weighted by atomic mass is 35.5. The first kappa shape index (κ1) is 15.5. The van der Waals surface area contributed by atoms with E-state index in [9.17, 15) is 5.26 Å². The molecule has 1 heterocycles. The SMILES string of the molecule is CCOC(=N)c1nn(-c2cccc(Cl)c2)c(=N)c(C#N)c1N. The van der Waals surface area contributed by atoms with Crippen LogP contribution >= 0.6 is 11.6 Å². The minimum absolute atomic E-state index is 0.00868. The highest BCUT2D eigenvalue weighted by Gasteiger charge is 2.18. The zero-order valence-electron chi connectivity index (χ0n) is 11.7. The van der Waals surface area contributed by atoms with Crippen molar-refractivity contribution in [2.45, 2.75) is 6.92 Å². The van der Waals surface area contributed by atoms with Crippen molar-refractivity contribution in [3.8, 4) is 11.8 Å². The van der Waals surface area contributed by atoms with Crippen LogP contribution in [0.5, 0.6) is 0 Å². The van der Waals surface area contributed by atoms with Gasteiger partial charge in [0.2, 0.25) is 5.90 Å². The Bertz CT molecular complexity index is 836. The van der Waals surface area contributed by atoms with Crippen LogP contribution < -0.4 is 11.2 Å². The number of nitrogens with one attached hydrogen (secondary N) is 2. The van der Waals surface area contributed by atoms with Crippen molar-refractivity contribution in [2.75, 3.05) is 12.3 Å². The summed E-state index contributed by atoms with van der Waals surface area (Å²) in [6, 6.07) is 8.52. The van der Waals surface area contributed by atoms with Crippen LogP contribution in [0.15, 0.2) is 24.3 Å². The maximum Gasteiger partial charge on any atom is 0.236 e. The molecule has 0 aliphatic heterocycles. The first-order valence-electron chi connectivity index (χ1n) is 6.34. The predicted molar refractivity (Wildman–Crippen MR) is 82.0 cm³/mol. The molecule has 4 N–H and O–H groups in total. The number of ether oxygens (including phenoxy) is 1. The summed E-state index contributed by atoms with van der Waals surface area (Å²) in [6.45, 7) is 1.99. The van der Waals surface area contributed by atoms with Crippen molar-refractivity contribution in [1.82, 2.24) is 9.78 Å². The number of anilines is 1. The zero-order valence-corrected chi connectivity index (χ0v) is 12.5. The van der Waals surface area contributed by atoms with E-state index in [4.69, 9.17) is 32.9 Å². The van der Waals surface area contributed by atoms with E-state index in [-0.39, 0.29) is 34.9 Å². The Hall–Kier alpha value is -2.85. The van der Waals surface area contributed by atoms with Crippen LogP contribution in [0.25, 0.3) is 5.69 Å². The summed E-state index contributed by atoms with van der Waals surface area (Å²) in [7, 11) is 0. The van der Waals surface area contributed by atoms with Crippen LogP contribution in [-0.4, -0.2) is 22.3 Å². The van der Waals surface area contributed by atoms with Gasteiger partial charge in [-0.25, -0.2) is 4.68 Å². The molecule has 0 amide bonds. The number of aromatic nitrogens is 2. The number of rotatable bonds is 3. The van der Waals surface area contributed by atoms with Gasteiger partial charge in [-0.3, -0.25) is 10.8 Å². The summed E-state index contributed by atoms with van der Waals surface area (Å²) in [5.41, 5.74) is 6.02. The lowest BCUT2D eigenvalue weighted by molar-refractivity contribution is 0.324. The second-order valence-corrected chi connectivity index (χ2v) is 4.69. The molecule has 0 radical (unpaired) electrons. The van der Waals surface area contributed by atoms with E-state index in [1.165, 1.54) is 4.68 Å². The van der Waals surface area contributed by atoms with E-state index in [0.29, 0.717) is 10.7 Å². The Kier molecular flexibility index (Phi) is 4.44. The molecule has 0 spiro atoms. The monoisotopic (exact) mass is 316 g/mol. The number of benzene rings is 1. The van der Waals surface area contributed by atoms with Crippen molar-refractivity contribution in [2.24, 2.45) is 0 Å². The predicted octanol–water partition coefficient (Wildman–Crippen LogP) is 1.82. The van der Waals surface area contributed by atoms with E-state index in [1.54, 1.807) is 31.2 Å². The molecule has 22 heavy (non-hydrogen) atoms. The van der Waals surface area contributed by atoms with Crippen molar-refractivity contribution in [3.05, 3.63) is 46.0 Å². The van der Waals surface area contributed by atoms with Gasteiger partial charge in [0, 0.05) is 5.02 Å². The van der Waals surface area contributed by atoms with Gasteiger partial charge in [-0.2, -0.15) is 10.4 Å². The smallest absolute Gasteiger partial charge is 0.236 e. The molecular weight excluding hydrogens is 304 g/mol. The van der Waals surface area contributed by atoms with E-state index in [1.807, 2.05) is 6.07 Å². The fourth-order valence-electron chi connectivity index (χ4n) is 1.84. The maximum absolute atomic E-state index is 9.23. The summed E-state index contributed by atoms with van der Waals surface area (Å²) >= 11 is 5.95. The summed E-state index contributed by atoms with van der Waals surface area (Å²) < 4.78 is 6.29. The quantitative estimate of drug-likeness (QED) is 0.590. The number of nitrogen functional groups attached to an aromatic ring is 1. The van der Waals surface area contributed by atoms with Crippen LogP contribution in [0.4, 0.5) is 5.69 Å². The highest BCUT2D eigenvalue weighted by molar-refractivity contribution is 6.30. The van der Waals surface area contributed by atoms with Crippen molar-refractivity contribution in [1.29, 1.82) is 16.1 Å². The molecule has 8 heteroatoms. The maximum atomic E-state index is 9.23. The molecular formula is C14H13ClN6O. The average Bonchev–Trinajstić information content (AvgIpc) is 2.48. The molecule has 2 aromatic rings. The number of nitriles is 1. The molecule has 0 saturated heterocycles. The van der Waals surface area contributed by atoms with Gasteiger partial charge in [0.25, 0.3) is 0 Å². The van der Waals surface area contributed by atoms with E-state index < -0.39 is 0 Å². The number of halogens is 1. The minimum atomic E-state index is -0.257. The first-order valence-corrected chi connectivity index (χ1v) is 6.72. The van der Waals surface area contributed by atoms with Gasteiger partial charge in [0.05, 0.1) is 18.0 Å². The Morgan fingerprint density at radius 1 is 1.55 bits per heavy atom. The second-order valence-electron chi connectivity index (χ2n) is 4.25. The highest BCUT2D eigenvalue weighted by Crippen LogP contribution is 2.16. The molecule has 7 nitrogen and oxygen atoms in total. The Morgan fingerprint density at radius 2 is 2.27 bits per heavy atom.